The summed E-state index contributed by atoms with van der Waals surface area (Å²) in [6, 6.07) is 10.2. The van der Waals surface area contributed by atoms with Crippen molar-refractivity contribution in [3.8, 4) is 11.5 Å². The molecule has 144 valence electrons. The largest absolute Gasteiger partial charge is 0.465 e. The minimum atomic E-state index is -0.490. The highest BCUT2D eigenvalue weighted by Gasteiger charge is 2.14. The Balaban J connectivity index is 1.36. The van der Waals surface area contributed by atoms with Crippen LogP contribution >= 0.6 is 0 Å². The summed E-state index contributed by atoms with van der Waals surface area (Å²) in [5.41, 5.74) is 2.17. The van der Waals surface area contributed by atoms with Crippen LogP contribution in [0.15, 0.2) is 36.4 Å². The van der Waals surface area contributed by atoms with Gasteiger partial charge in [0.2, 0.25) is 6.79 Å². The number of ether oxygens (including phenoxy) is 3. The molecule has 0 aliphatic carbocycles. The fraction of sp³-hybridized carbons (Fsp3) is 0.222. The summed E-state index contributed by atoms with van der Waals surface area (Å²) in [6.45, 7) is 0.234. The summed E-state index contributed by atoms with van der Waals surface area (Å²) in [5.74, 6) is 0.503. The Morgan fingerprint density at radius 1 is 1.18 bits per heavy atom. The number of nitrogens with one attached hydrogen (secondary N) is 1. The Morgan fingerprint density at radius 3 is 2.89 bits per heavy atom. The van der Waals surface area contributed by atoms with Gasteiger partial charge in [-0.1, -0.05) is 10.9 Å². The molecule has 0 saturated heterocycles. The maximum atomic E-state index is 12.1. The second-order valence-corrected chi connectivity index (χ2v) is 5.90. The zero-order valence-electron chi connectivity index (χ0n) is 14.9. The summed E-state index contributed by atoms with van der Waals surface area (Å²) in [5, 5.41) is 10.5. The molecular weight excluding hydrogens is 368 g/mol. The van der Waals surface area contributed by atoms with Crippen molar-refractivity contribution >= 4 is 22.9 Å². The van der Waals surface area contributed by atoms with Gasteiger partial charge in [0.1, 0.15) is 11.0 Å². The Hall–Kier alpha value is -3.82. The maximum Gasteiger partial charge on any atom is 0.337 e. The lowest BCUT2D eigenvalue weighted by Crippen LogP contribution is -2.31. The van der Waals surface area contributed by atoms with Crippen LogP contribution in [0.3, 0.4) is 0 Å². The Labute approximate surface area is 158 Å². The van der Waals surface area contributed by atoms with Crippen molar-refractivity contribution in [3.05, 3.63) is 47.5 Å². The average Bonchev–Trinajstić information content (AvgIpc) is 3.35. The first-order valence-electron chi connectivity index (χ1n) is 8.36. The summed E-state index contributed by atoms with van der Waals surface area (Å²) < 4.78 is 15.2. The van der Waals surface area contributed by atoms with E-state index in [2.05, 4.69) is 15.6 Å². The first-order chi connectivity index (χ1) is 13.6. The van der Waals surface area contributed by atoms with Crippen molar-refractivity contribution in [2.45, 2.75) is 6.54 Å². The number of hydrogen-bond acceptors (Lipinski definition) is 8. The molecule has 1 amide bonds. The Morgan fingerprint density at radius 2 is 2.04 bits per heavy atom. The zero-order chi connectivity index (χ0) is 19.5. The van der Waals surface area contributed by atoms with Gasteiger partial charge in [0.25, 0.3) is 5.91 Å². The normalized spacial score (nSPS) is 12.0. The van der Waals surface area contributed by atoms with Gasteiger partial charge in [-0.05, 0) is 41.1 Å². The first kappa shape index (κ1) is 17.6. The molecule has 0 atom stereocenters. The first-order valence-corrected chi connectivity index (χ1v) is 8.36. The van der Waals surface area contributed by atoms with Crippen LogP contribution < -0.4 is 19.6 Å². The molecule has 1 aliphatic rings. The number of benzene rings is 2. The van der Waals surface area contributed by atoms with Gasteiger partial charge in [-0.25, -0.2) is 4.79 Å². The number of aromatic nitrogens is 3. The number of amides is 1. The molecule has 1 aliphatic heterocycles. The quantitative estimate of drug-likeness (QED) is 0.618. The van der Waals surface area contributed by atoms with Crippen LogP contribution in [0.1, 0.15) is 15.9 Å². The van der Waals surface area contributed by atoms with Crippen LogP contribution in [0.25, 0.3) is 11.0 Å². The lowest BCUT2D eigenvalue weighted by molar-refractivity contribution is -0.126. The molecule has 0 fully saturated rings. The summed E-state index contributed by atoms with van der Waals surface area (Å²) in [6.07, 6.45) is 0. The predicted octanol–water partition coefficient (Wildman–Crippen LogP) is 0.692. The van der Waals surface area contributed by atoms with Gasteiger partial charge >= 0.3 is 5.97 Å². The van der Waals surface area contributed by atoms with Crippen LogP contribution in [0.2, 0.25) is 0 Å². The van der Waals surface area contributed by atoms with E-state index in [1.54, 1.807) is 18.2 Å². The van der Waals surface area contributed by atoms with Gasteiger partial charge in [0, 0.05) is 6.54 Å². The third-order valence-electron chi connectivity index (χ3n) is 4.08. The number of fused-ring (bicyclic) bond motifs is 2. The molecule has 1 N–H and O–H groups in total. The molecule has 4 rings (SSSR count). The van der Waals surface area contributed by atoms with Crippen LogP contribution in [0.4, 0.5) is 0 Å². The third-order valence-corrected chi connectivity index (χ3v) is 4.08. The number of esters is 1. The van der Waals surface area contributed by atoms with Gasteiger partial charge < -0.3 is 24.4 Å². The summed E-state index contributed by atoms with van der Waals surface area (Å²) in [7, 11) is 1.29. The van der Waals surface area contributed by atoms with Crippen LogP contribution in [0, 0.1) is 0 Å². The van der Waals surface area contributed by atoms with E-state index < -0.39 is 5.97 Å². The molecule has 10 heteroatoms. The second kappa shape index (κ2) is 7.43. The highest BCUT2D eigenvalue weighted by atomic mass is 16.7. The molecule has 0 spiro atoms. The molecule has 3 aromatic rings. The highest BCUT2D eigenvalue weighted by Crippen LogP contribution is 2.32. The van der Waals surface area contributed by atoms with Crippen molar-refractivity contribution in [1.29, 1.82) is 0 Å². The van der Waals surface area contributed by atoms with Gasteiger partial charge in [-0.15, -0.1) is 5.10 Å². The SMILES string of the molecule is COC(=O)c1ccc2nnn(OCC(=O)NCc3ccc4c(c3)OCO4)c2c1. The molecule has 0 saturated carbocycles. The van der Waals surface area contributed by atoms with E-state index in [0.29, 0.717) is 34.6 Å². The highest BCUT2D eigenvalue weighted by molar-refractivity contribution is 5.93. The van der Waals surface area contributed by atoms with E-state index >= 15 is 0 Å². The minimum absolute atomic E-state index is 0.197. The Bertz CT molecular complexity index is 1050. The Kier molecular flexibility index (Phi) is 4.67. The number of rotatable bonds is 6. The molecule has 0 unspecified atom stereocenters. The number of methoxy groups -OCH3 is 1. The fourth-order valence-electron chi connectivity index (χ4n) is 2.66. The van der Waals surface area contributed by atoms with Crippen molar-refractivity contribution in [2.24, 2.45) is 0 Å². The van der Waals surface area contributed by atoms with Gasteiger partial charge in [-0.3, -0.25) is 4.79 Å². The maximum absolute atomic E-state index is 12.1. The lowest BCUT2D eigenvalue weighted by Gasteiger charge is -2.08. The van der Waals surface area contributed by atoms with E-state index in [-0.39, 0.29) is 19.3 Å². The van der Waals surface area contributed by atoms with E-state index in [1.807, 2.05) is 12.1 Å². The monoisotopic (exact) mass is 384 g/mol. The molecule has 1 aromatic heterocycles. The van der Waals surface area contributed by atoms with E-state index in [4.69, 9.17) is 19.0 Å². The van der Waals surface area contributed by atoms with Crippen molar-refractivity contribution in [2.75, 3.05) is 20.5 Å². The third kappa shape index (κ3) is 3.52. The van der Waals surface area contributed by atoms with Crippen molar-refractivity contribution in [1.82, 2.24) is 20.5 Å². The summed E-state index contributed by atoms with van der Waals surface area (Å²) >= 11 is 0. The number of carbonyl (C=O) groups excluding carboxylic acids is 2. The average molecular weight is 384 g/mol. The zero-order valence-corrected chi connectivity index (χ0v) is 14.9. The van der Waals surface area contributed by atoms with E-state index in [0.717, 1.165) is 10.4 Å². The van der Waals surface area contributed by atoms with Gasteiger partial charge in [0.05, 0.1) is 12.7 Å². The standard InChI is InChI=1S/C18H16N4O6/c1-25-18(24)12-3-4-13-14(7-12)22(21-20-13)28-9-17(23)19-8-11-2-5-15-16(6-11)27-10-26-15/h2-7H,8-10H2,1H3,(H,19,23). The predicted molar refractivity (Wildman–Crippen MR) is 94.7 cm³/mol. The molecule has 28 heavy (non-hydrogen) atoms. The van der Waals surface area contributed by atoms with Crippen molar-refractivity contribution < 1.29 is 28.6 Å². The van der Waals surface area contributed by atoms with E-state index in [9.17, 15) is 9.59 Å². The number of nitrogens with zero attached hydrogens (tertiary/aromatic N) is 3. The molecule has 10 nitrogen and oxygen atoms in total. The van der Waals surface area contributed by atoms with E-state index in [1.165, 1.54) is 13.2 Å². The smallest absolute Gasteiger partial charge is 0.337 e. The molecule has 2 aromatic carbocycles. The number of carbonyl (C=O) groups is 2. The molecule has 0 bridgehead atoms. The van der Waals surface area contributed by atoms with Gasteiger partial charge in [0.15, 0.2) is 18.1 Å². The van der Waals surface area contributed by atoms with Crippen LogP contribution in [0.5, 0.6) is 11.5 Å². The molecular formula is C18H16N4O6. The van der Waals surface area contributed by atoms with Crippen molar-refractivity contribution in [3.63, 3.8) is 0 Å². The summed E-state index contributed by atoms with van der Waals surface area (Å²) in [4.78, 5) is 30.2. The topological polar surface area (TPSA) is 114 Å². The number of hydrogen-bond donors (Lipinski definition) is 1. The van der Waals surface area contributed by atoms with Crippen LogP contribution in [-0.4, -0.2) is 47.5 Å². The van der Waals surface area contributed by atoms with Gasteiger partial charge in [-0.2, -0.15) is 0 Å². The molecule has 2 heterocycles. The van der Waals surface area contributed by atoms with Crippen LogP contribution in [-0.2, 0) is 16.1 Å². The minimum Gasteiger partial charge on any atom is -0.465 e. The lowest BCUT2D eigenvalue weighted by atomic mass is 10.2. The fourth-order valence-corrected chi connectivity index (χ4v) is 2.66. The molecule has 0 radical (unpaired) electrons. The second-order valence-electron chi connectivity index (χ2n) is 5.90.